The lowest BCUT2D eigenvalue weighted by Crippen LogP contribution is -1.94. The van der Waals surface area contributed by atoms with E-state index in [4.69, 9.17) is 14.7 Å². The Bertz CT molecular complexity index is 650. The predicted octanol–water partition coefficient (Wildman–Crippen LogP) is 3.83. The Morgan fingerprint density at radius 3 is 2.68 bits per heavy atom. The number of methoxy groups -OCH3 is 1. The molecule has 0 spiro atoms. The zero-order chi connectivity index (χ0) is 13.8. The highest BCUT2D eigenvalue weighted by Gasteiger charge is 2.10. The van der Waals surface area contributed by atoms with Crippen LogP contribution in [0.15, 0.2) is 34.9 Å². The Labute approximate surface area is 119 Å². The summed E-state index contributed by atoms with van der Waals surface area (Å²) in [6, 6.07) is 8.94. The molecule has 0 aliphatic rings. The fourth-order valence-electron chi connectivity index (χ4n) is 1.52. The van der Waals surface area contributed by atoms with E-state index in [0.717, 1.165) is 10.0 Å². The summed E-state index contributed by atoms with van der Waals surface area (Å²) in [6.07, 6.45) is 1.72. The van der Waals surface area contributed by atoms with Crippen molar-refractivity contribution >= 4 is 15.9 Å². The molecule has 0 N–H and O–H groups in total. The van der Waals surface area contributed by atoms with Gasteiger partial charge in [0.25, 0.3) is 0 Å². The molecule has 19 heavy (non-hydrogen) atoms. The van der Waals surface area contributed by atoms with Crippen molar-refractivity contribution in [3.8, 4) is 23.4 Å². The second kappa shape index (κ2) is 5.72. The second-order valence-corrected chi connectivity index (χ2v) is 4.73. The first-order chi connectivity index (χ1) is 9.13. The molecule has 2 aromatic rings. The highest BCUT2D eigenvalue weighted by molar-refractivity contribution is 9.10. The van der Waals surface area contributed by atoms with Crippen LogP contribution in [0.25, 0.3) is 0 Å². The number of benzene rings is 1. The van der Waals surface area contributed by atoms with Gasteiger partial charge in [0.1, 0.15) is 0 Å². The first kappa shape index (κ1) is 13.4. The topological polar surface area (TPSA) is 55.1 Å². The average molecular weight is 319 g/mol. The van der Waals surface area contributed by atoms with Gasteiger partial charge in [0.15, 0.2) is 11.5 Å². The number of nitrogens with zero attached hydrogens (tertiary/aromatic N) is 2. The van der Waals surface area contributed by atoms with Crippen molar-refractivity contribution in [2.75, 3.05) is 7.11 Å². The Morgan fingerprint density at radius 1 is 1.26 bits per heavy atom. The molecule has 0 aliphatic carbocycles. The van der Waals surface area contributed by atoms with Crippen LogP contribution < -0.4 is 9.47 Å². The van der Waals surface area contributed by atoms with Crippen molar-refractivity contribution in [3.63, 3.8) is 0 Å². The van der Waals surface area contributed by atoms with Gasteiger partial charge in [-0.25, -0.2) is 4.98 Å². The van der Waals surface area contributed by atoms with Gasteiger partial charge < -0.3 is 9.47 Å². The summed E-state index contributed by atoms with van der Waals surface area (Å²) >= 11 is 3.40. The van der Waals surface area contributed by atoms with Gasteiger partial charge >= 0.3 is 0 Å². The van der Waals surface area contributed by atoms with Crippen molar-refractivity contribution in [1.82, 2.24) is 4.98 Å². The smallest absolute Gasteiger partial charge is 0.233 e. The first-order valence-electron chi connectivity index (χ1n) is 5.52. The molecule has 0 bridgehead atoms. The number of hydrogen-bond donors (Lipinski definition) is 0. The normalized spacial score (nSPS) is 9.79. The summed E-state index contributed by atoms with van der Waals surface area (Å²) in [5.74, 6) is 1.46. The molecule has 4 nitrogen and oxygen atoms in total. The highest BCUT2D eigenvalue weighted by atomic mass is 79.9. The van der Waals surface area contributed by atoms with Gasteiger partial charge in [0.2, 0.25) is 5.88 Å². The standard InChI is InChI=1S/C14H11BrN2O2/c1-9-5-11(15)14(17-8-9)19-12-4-3-10(7-16)6-13(12)18-2/h3-6,8H,1-2H3. The van der Waals surface area contributed by atoms with E-state index in [1.807, 2.05) is 13.0 Å². The molecule has 0 saturated heterocycles. The molecule has 96 valence electrons. The van der Waals surface area contributed by atoms with Crippen LogP contribution in [0.1, 0.15) is 11.1 Å². The molecular weight excluding hydrogens is 308 g/mol. The van der Waals surface area contributed by atoms with Crippen LogP contribution in [0.3, 0.4) is 0 Å². The van der Waals surface area contributed by atoms with Crippen molar-refractivity contribution in [1.29, 1.82) is 5.26 Å². The van der Waals surface area contributed by atoms with Gasteiger partial charge in [-0.05, 0) is 46.6 Å². The van der Waals surface area contributed by atoms with Crippen LogP contribution in [0.4, 0.5) is 0 Å². The summed E-state index contributed by atoms with van der Waals surface area (Å²) < 4.78 is 11.7. The summed E-state index contributed by atoms with van der Waals surface area (Å²) in [7, 11) is 1.53. The lowest BCUT2D eigenvalue weighted by molar-refractivity contribution is 0.373. The van der Waals surface area contributed by atoms with Crippen molar-refractivity contribution < 1.29 is 9.47 Å². The van der Waals surface area contributed by atoms with Crippen molar-refractivity contribution in [3.05, 3.63) is 46.1 Å². The van der Waals surface area contributed by atoms with E-state index in [9.17, 15) is 0 Å². The number of nitriles is 1. The van der Waals surface area contributed by atoms with Gasteiger partial charge in [-0.2, -0.15) is 5.26 Å². The number of aromatic nitrogens is 1. The first-order valence-corrected chi connectivity index (χ1v) is 6.31. The number of ether oxygens (including phenoxy) is 2. The molecule has 1 heterocycles. The molecule has 1 aromatic heterocycles. The van der Waals surface area contributed by atoms with E-state index in [2.05, 4.69) is 27.0 Å². The van der Waals surface area contributed by atoms with Gasteiger partial charge in [-0.3, -0.25) is 0 Å². The van der Waals surface area contributed by atoms with Crippen LogP contribution >= 0.6 is 15.9 Å². The van der Waals surface area contributed by atoms with Gasteiger partial charge in [-0.1, -0.05) is 0 Å². The summed E-state index contributed by atoms with van der Waals surface area (Å²) in [6.45, 7) is 1.95. The lowest BCUT2D eigenvalue weighted by Gasteiger charge is -2.11. The Kier molecular flexibility index (Phi) is 4.03. The lowest BCUT2D eigenvalue weighted by atomic mass is 10.2. The number of halogens is 1. The van der Waals surface area contributed by atoms with Crippen LogP contribution in [0, 0.1) is 18.3 Å². The quantitative estimate of drug-likeness (QED) is 0.863. The summed E-state index contributed by atoms with van der Waals surface area (Å²) in [5.41, 5.74) is 1.55. The Morgan fingerprint density at radius 2 is 2.05 bits per heavy atom. The molecule has 2 rings (SSSR count). The molecule has 0 unspecified atom stereocenters. The second-order valence-electron chi connectivity index (χ2n) is 3.88. The molecule has 0 fully saturated rings. The third-order valence-corrected chi connectivity index (χ3v) is 3.01. The van der Waals surface area contributed by atoms with Crippen LogP contribution in [-0.4, -0.2) is 12.1 Å². The molecule has 0 radical (unpaired) electrons. The van der Waals surface area contributed by atoms with E-state index in [-0.39, 0.29) is 0 Å². The minimum Gasteiger partial charge on any atom is -0.493 e. The monoisotopic (exact) mass is 318 g/mol. The zero-order valence-corrected chi connectivity index (χ0v) is 12.1. The minimum absolute atomic E-state index is 0.452. The van der Waals surface area contributed by atoms with E-state index >= 15 is 0 Å². The van der Waals surface area contributed by atoms with Gasteiger partial charge in [0.05, 0.1) is 23.2 Å². The Balaban J connectivity index is 2.35. The van der Waals surface area contributed by atoms with Crippen molar-refractivity contribution in [2.24, 2.45) is 0 Å². The Hall–Kier alpha value is -2.06. The maximum absolute atomic E-state index is 8.85. The molecule has 0 saturated carbocycles. The molecular formula is C14H11BrN2O2. The number of rotatable bonds is 3. The van der Waals surface area contributed by atoms with Crippen LogP contribution in [0.2, 0.25) is 0 Å². The summed E-state index contributed by atoms with van der Waals surface area (Å²) in [4.78, 5) is 4.20. The number of pyridine rings is 1. The molecule has 0 amide bonds. The average Bonchev–Trinajstić information content (AvgIpc) is 2.42. The van der Waals surface area contributed by atoms with E-state index in [1.165, 1.54) is 7.11 Å². The third kappa shape index (κ3) is 3.04. The molecule has 5 heteroatoms. The number of hydrogen-bond acceptors (Lipinski definition) is 4. The zero-order valence-electron chi connectivity index (χ0n) is 10.5. The van der Waals surface area contributed by atoms with Gasteiger partial charge in [-0.15, -0.1) is 0 Å². The fourth-order valence-corrected chi connectivity index (χ4v) is 2.07. The molecule has 0 aliphatic heterocycles. The maximum Gasteiger partial charge on any atom is 0.233 e. The van der Waals surface area contributed by atoms with E-state index < -0.39 is 0 Å². The highest BCUT2D eigenvalue weighted by Crippen LogP contribution is 2.34. The van der Waals surface area contributed by atoms with Gasteiger partial charge in [0, 0.05) is 12.3 Å². The van der Waals surface area contributed by atoms with E-state index in [1.54, 1.807) is 24.4 Å². The van der Waals surface area contributed by atoms with Crippen molar-refractivity contribution in [2.45, 2.75) is 6.92 Å². The fraction of sp³-hybridized carbons (Fsp3) is 0.143. The summed E-state index contributed by atoms with van der Waals surface area (Å²) in [5, 5.41) is 8.85. The van der Waals surface area contributed by atoms with Crippen LogP contribution in [0.5, 0.6) is 17.4 Å². The maximum atomic E-state index is 8.85. The third-order valence-electron chi connectivity index (χ3n) is 2.44. The van der Waals surface area contributed by atoms with Crippen LogP contribution in [-0.2, 0) is 0 Å². The number of aryl methyl sites for hydroxylation is 1. The minimum atomic E-state index is 0.452. The SMILES string of the molecule is COc1cc(C#N)ccc1Oc1ncc(C)cc1Br. The van der Waals surface area contributed by atoms with E-state index in [0.29, 0.717) is 22.9 Å². The molecule has 1 aromatic carbocycles. The predicted molar refractivity (Wildman–Crippen MR) is 74.5 cm³/mol. The largest absolute Gasteiger partial charge is 0.493 e. The molecule has 0 atom stereocenters.